The smallest absolute Gasteiger partial charge is 0.329 e. The molecule has 1 N–H and O–H groups in total. The monoisotopic (exact) mass is 264 g/mol. The van der Waals surface area contributed by atoms with Crippen LogP contribution < -0.4 is 4.74 Å². The van der Waals surface area contributed by atoms with E-state index in [-0.39, 0.29) is 18.4 Å². The highest BCUT2D eigenvalue weighted by molar-refractivity contribution is 7.86. The molecule has 0 aromatic heterocycles. The van der Waals surface area contributed by atoms with Crippen molar-refractivity contribution >= 4 is 31.8 Å². The third kappa shape index (κ3) is 4.19. The SMILES string of the molecule is [B]Cc1cccc(OC(=O)CS(=O)(=O)O)c1C[B]. The lowest BCUT2D eigenvalue weighted by molar-refractivity contribution is -0.131. The van der Waals surface area contributed by atoms with Crippen LogP contribution in [0.5, 0.6) is 5.75 Å². The summed E-state index contributed by atoms with van der Waals surface area (Å²) in [6.45, 7) is 0. The Labute approximate surface area is 108 Å². The van der Waals surface area contributed by atoms with E-state index in [1.165, 1.54) is 6.07 Å². The molecule has 0 bridgehead atoms. The zero-order valence-electron chi connectivity index (χ0n) is 9.50. The Bertz CT molecular complexity index is 541. The third-order valence-corrected chi connectivity index (χ3v) is 2.78. The van der Waals surface area contributed by atoms with Crippen LogP contribution in [0.1, 0.15) is 11.1 Å². The fourth-order valence-electron chi connectivity index (χ4n) is 1.43. The molecule has 0 atom stereocenters. The van der Waals surface area contributed by atoms with Gasteiger partial charge in [-0.05, 0) is 11.6 Å². The first kappa shape index (κ1) is 14.8. The zero-order valence-corrected chi connectivity index (χ0v) is 10.3. The van der Waals surface area contributed by atoms with Crippen molar-refractivity contribution in [2.45, 2.75) is 12.6 Å². The van der Waals surface area contributed by atoms with E-state index >= 15 is 0 Å². The number of rotatable bonds is 5. The molecule has 8 heteroatoms. The molecule has 5 nitrogen and oxygen atoms in total. The fraction of sp³-hybridized carbons (Fsp3) is 0.300. The highest BCUT2D eigenvalue weighted by Crippen LogP contribution is 2.22. The Kier molecular flexibility index (Phi) is 4.98. The van der Waals surface area contributed by atoms with Gasteiger partial charge in [-0.1, -0.05) is 30.3 Å². The van der Waals surface area contributed by atoms with Gasteiger partial charge in [-0.25, -0.2) is 0 Å². The number of carbonyl (C=O) groups is 1. The van der Waals surface area contributed by atoms with Crippen molar-refractivity contribution in [2.75, 3.05) is 5.75 Å². The predicted octanol–water partition coefficient (Wildman–Crippen LogP) is -0.183. The molecule has 1 aromatic carbocycles. The molecule has 92 valence electrons. The molecule has 0 saturated carbocycles. The molecular weight excluding hydrogens is 254 g/mol. The summed E-state index contributed by atoms with van der Waals surface area (Å²) >= 11 is 0. The van der Waals surface area contributed by atoms with Gasteiger partial charge in [-0.2, -0.15) is 8.42 Å². The first-order valence-corrected chi connectivity index (χ1v) is 6.65. The van der Waals surface area contributed by atoms with Crippen LogP contribution in [0.15, 0.2) is 18.2 Å². The van der Waals surface area contributed by atoms with E-state index in [2.05, 4.69) is 0 Å². The van der Waals surface area contributed by atoms with E-state index in [1.807, 2.05) is 0 Å². The molecule has 0 aliphatic carbocycles. The van der Waals surface area contributed by atoms with Crippen molar-refractivity contribution in [1.29, 1.82) is 0 Å². The van der Waals surface area contributed by atoms with Crippen LogP contribution in [-0.4, -0.2) is 40.4 Å². The van der Waals surface area contributed by atoms with Crippen LogP contribution in [0.2, 0.25) is 0 Å². The van der Waals surface area contributed by atoms with Crippen LogP contribution in [-0.2, 0) is 27.6 Å². The lowest BCUT2D eigenvalue weighted by Gasteiger charge is -2.12. The molecule has 1 rings (SSSR count). The minimum atomic E-state index is -4.41. The summed E-state index contributed by atoms with van der Waals surface area (Å²) in [5.41, 5.74) is 1.23. The van der Waals surface area contributed by atoms with Crippen LogP contribution in [0.25, 0.3) is 0 Å². The number of carbonyl (C=O) groups excluding carboxylic acids is 1. The minimum Gasteiger partial charge on any atom is -0.425 e. The van der Waals surface area contributed by atoms with Gasteiger partial charge in [-0.15, -0.1) is 0 Å². The van der Waals surface area contributed by atoms with Crippen LogP contribution in [0, 0.1) is 0 Å². The maximum atomic E-state index is 11.3. The first-order chi connectivity index (χ1) is 8.37. The topological polar surface area (TPSA) is 80.7 Å². The number of ether oxygens (including phenoxy) is 1. The second-order valence-electron chi connectivity index (χ2n) is 3.50. The Morgan fingerprint density at radius 1 is 1.28 bits per heavy atom. The molecule has 0 spiro atoms. The molecule has 4 radical (unpaired) electrons. The predicted molar refractivity (Wildman–Crippen MR) is 67.4 cm³/mol. The second kappa shape index (κ2) is 6.06. The number of esters is 1. The maximum Gasteiger partial charge on any atom is 0.329 e. The number of hydrogen-bond donors (Lipinski definition) is 1. The van der Waals surface area contributed by atoms with Crippen LogP contribution in [0.4, 0.5) is 0 Å². The summed E-state index contributed by atoms with van der Waals surface area (Å²) in [7, 11) is 6.60. The summed E-state index contributed by atoms with van der Waals surface area (Å²) in [4.78, 5) is 11.3. The number of benzene rings is 1. The van der Waals surface area contributed by atoms with Gasteiger partial charge in [0.05, 0.1) is 15.7 Å². The largest absolute Gasteiger partial charge is 0.425 e. The van der Waals surface area contributed by atoms with Gasteiger partial charge in [0.25, 0.3) is 10.1 Å². The molecule has 0 fully saturated rings. The van der Waals surface area contributed by atoms with Crippen molar-refractivity contribution in [3.63, 3.8) is 0 Å². The highest BCUT2D eigenvalue weighted by atomic mass is 32.2. The van der Waals surface area contributed by atoms with Gasteiger partial charge in [0.2, 0.25) is 0 Å². The second-order valence-corrected chi connectivity index (χ2v) is 4.95. The quantitative estimate of drug-likeness (QED) is 0.345. The van der Waals surface area contributed by atoms with Crippen molar-refractivity contribution in [3.8, 4) is 5.75 Å². The Morgan fingerprint density at radius 3 is 2.44 bits per heavy atom. The van der Waals surface area contributed by atoms with E-state index in [9.17, 15) is 13.2 Å². The van der Waals surface area contributed by atoms with Crippen molar-refractivity contribution in [1.82, 2.24) is 0 Å². The van der Waals surface area contributed by atoms with Gasteiger partial charge in [0.15, 0.2) is 5.75 Å². The van der Waals surface area contributed by atoms with Crippen molar-refractivity contribution in [2.24, 2.45) is 0 Å². The molecule has 0 amide bonds. The summed E-state index contributed by atoms with van der Waals surface area (Å²) in [6.07, 6.45) is 0.318. The maximum absolute atomic E-state index is 11.3. The minimum absolute atomic E-state index is 0.0991. The van der Waals surface area contributed by atoms with E-state index < -0.39 is 21.8 Å². The molecule has 0 aliphatic rings. The molecule has 0 unspecified atom stereocenters. The molecule has 0 heterocycles. The summed E-state index contributed by atoms with van der Waals surface area (Å²) in [6, 6.07) is 4.81. The highest BCUT2D eigenvalue weighted by Gasteiger charge is 2.17. The third-order valence-electron chi connectivity index (χ3n) is 2.18. The van der Waals surface area contributed by atoms with Crippen molar-refractivity contribution in [3.05, 3.63) is 29.3 Å². The summed E-state index contributed by atoms with van der Waals surface area (Å²) in [5, 5.41) is 0. The Morgan fingerprint density at radius 2 is 1.94 bits per heavy atom. The molecule has 0 aliphatic heterocycles. The van der Waals surface area contributed by atoms with Gasteiger partial charge in [0, 0.05) is 0 Å². The lowest BCUT2D eigenvalue weighted by Crippen LogP contribution is -2.21. The summed E-state index contributed by atoms with van der Waals surface area (Å²) in [5.74, 6) is -2.04. The zero-order chi connectivity index (χ0) is 13.8. The van der Waals surface area contributed by atoms with E-state index in [0.29, 0.717) is 11.1 Å². The van der Waals surface area contributed by atoms with Gasteiger partial charge in [0.1, 0.15) is 5.75 Å². The van der Waals surface area contributed by atoms with E-state index in [1.54, 1.807) is 12.1 Å². The van der Waals surface area contributed by atoms with Gasteiger partial charge >= 0.3 is 5.97 Å². The molecule has 1 aromatic rings. The molecule has 18 heavy (non-hydrogen) atoms. The van der Waals surface area contributed by atoms with Gasteiger partial charge < -0.3 is 4.74 Å². The van der Waals surface area contributed by atoms with Crippen LogP contribution >= 0.6 is 0 Å². The van der Waals surface area contributed by atoms with E-state index in [4.69, 9.17) is 25.0 Å². The lowest BCUT2D eigenvalue weighted by atomic mass is 9.86. The Hall–Kier alpha value is -1.27. The van der Waals surface area contributed by atoms with Crippen molar-refractivity contribution < 1.29 is 22.5 Å². The molecule has 0 saturated heterocycles. The van der Waals surface area contributed by atoms with Crippen LogP contribution in [0.3, 0.4) is 0 Å². The standard InChI is InChI=1S/C10H10B2O5S/c11-4-7-2-1-3-9(8(7)5-12)17-10(13)6-18(14,15)16/h1-3H,4-6H2,(H,14,15,16). The summed E-state index contributed by atoms with van der Waals surface area (Å²) < 4.78 is 34.4. The first-order valence-electron chi connectivity index (χ1n) is 5.04. The van der Waals surface area contributed by atoms with E-state index in [0.717, 1.165) is 0 Å². The van der Waals surface area contributed by atoms with Gasteiger partial charge in [-0.3, -0.25) is 9.35 Å². The normalized spacial score (nSPS) is 11.2. The Balaban J connectivity index is 2.94. The molecular formula is C10H10B2O5S. The average Bonchev–Trinajstić information content (AvgIpc) is 2.25. The average molecular weight is 264 g/mol. The fourth-order valence-corrected chi connectivity index (χ4v) is 1.79. The number of hydrogen-bond acceptors (Lipinski definition) is 4.